The van der Waals surface area contributed by atoms with Gasteiger partial charge >= 0.3 is 0 Å². The molecule has 1 aliphatic rings. The number of aliphatic imine (C=N–C) groups is 1. The van der Waals surface area contributed by atoms with E-state index < -0.39 is 5.54 Å². The van der Waals surface area contributed by atoms with Crippen LogP contribution in [0, 0.1) is 3.57 Å². The number of hydrogen-bond acceptors (Lipinski definition) is 4. The Hall–Kier alpha value is -1.64. The summed E-state index contributed by atoms with van der Waals surface area (Å²) in [6.45, 7) is 2.75. The molecule has 1 atom stereocenters. The minimum absolute atomic E-state index is 0.189. The Labute approximate surface area is 164 Å². The smallest absolute Gasteiger partial charge is 0.256 e. The number of ether oxygens (including phenoxy) is 1. The number of halogens is 2. The Balaban J connectivity index is 1.85. The Morgan fingerprint density at radius 1 is 1.36 bits per heavy atom. The van der Waals surface area contributed by atoms with Crippen LogP contribution in [0.2, 0.25) is 5.02 Å². The first-order valence-corrected chi connectivity index (χ1v) is 9.12. The maximum atomic E-state index is 12.5. The van der Waals surface area contributed by atoms with Crippen LogP contribution in [-0.2, 0) is 10.3 Å². The molecule has 0 saturated heterocycles. The lowest BCUT2D eigenvalue weighted by Crippen LogP contribution is -2.37. The topological polar surface area (TPSA) is 76.7 Å². The fourth-order valence-electron chi connectivity index (χ4n) is 2.69. The van der Waals surface area contributed by atoms with Crippen LogP contribution in [0.1, 0.15) is 22.8 Å². The summed E-state index contributed by atoms with van der Waals surface area (Å²) >= 11 is 8.04. The van der Waals surface area contributed by atoms with E-state index in [1.54, 1.807) is 18.2 Å². The molecule has 5 nitrogen and oxygen atoms in total. The van der Waals surface area contributed by atoms with Gasteiger partial charge in [0.1, 0.15) is 18.0 Å². The fraction of sp³-hybridized carbons (Fsp3) is 0.222. The molecule has 0 aliphatic carbocycles. The molecule has 130 valence electrons. The number of carbonyl (C=O) groups excluding carboxylic acids is 1. The van der Waals surface area contributed by atoms with Crippen molar-refractivity contribution in [2.75, 3.05) is 18.5 Å². The highest BCUT2D eigenvalue weighted by atomic mass is 127. The lowest BCUT2D eigenvalue weighted by molar-refractivity contribution is 0.102. The van der Waals surface area contributed by atoms with Crippen LogP contribution in [0.3, 0.4) is 0 Å². The number of anilines is 1. The molecular formula is C18H17ClIN3O2. The van der Waals surface area contributed by atoms with Crippen molar-refractivity contribution in [1.29, 1.82) is 0 Å². The quantitative estimate of drug-likeness (QED) is 0.672. The van der Waals surface area contributed by atoms with Gasteiger partial charge in [-0.05, 0) is 65.4 Å². The van der Waals surface area contributed by atoms with Gasteiger partial charge < -0.3 is 15.8 Å². The van der Waals surface area contributed by atoms with E-state index in [-0.39, 0.29) is 5.91 Å². The molecule has 0 spiro atoms. The SMILES string of the molecule is CC1(c2cccc(NC(=O)c3ccc(Cl)cc3I)c2)COCC(N)=N1. The van der Waals surface area contributed by atoms with E-state index in [0.717, 1.165) is 9.13 Å². The third kappa shape index (κ3) is 4.13. The van der Waals surface area contributed by atoms with Gasteiger partial charge in [-0.15, -0.1) is 0 Å². The van der Waals surface area contributed by atoms with Gasteiger partial charge in [-0.25, -0.2) is 0 Å². The predicted molar refractivity (Wildman–Crippen MR) is 108 cm³/mol. The summed E-state index contributed by atoms with van der Waals surface area (Å²) in [7, 11) is 0. The maximum Gasteiger partial charge on any atom is 0.256 e. The molecule has 0 radical (unpaired) electrons. The summed E-state index contributed by atoms with van der Waals surface area (Å²) < 4.78 is 6.31. The lowest BCUT2D eigenvalue weighted by Gasteiger charge is -2.30. The Morgan fingerprint density at radius 2 is 2.16 bits per heavy atom. The highest BCUT2D eigenvalue weighted by Crippen LogP contribution is 2.30. The predicted octanol–water partition coefficient (Wildman–Crippen LogP) is 3.80. The minimum atomic E-state index is -0.558. The maximum absolute atomic E-state index is 12.5. The third-order valence-electron chi connectivity index (χ3n) is 3.94. The van der Waals surface area contributed by atoms with Gasteiger partial charge in [0.25, 0.3) is 5.91 Å². The summed E-state index contributed by atoms with van der Waals surface area (Å²) in [4.78, 5) is 17.1. The van der Waals surface area contributed by atoms with E-state index in [1.165, 1.54) is 0 Å². The second-order valence-electron chi connectivity index (χ2n) is 6.03. The number of carbonyl (C=O) groups is 1. The van der Waals surface area contributed by atoms with Gasteiger partial charge in [-0.3, -0.25) is 9.79 Å². The van der Waals surface area contributed by atoms with Crippen molar-refractivity contribution in [2.45, 2.75) is 12.5 Å². The average molecular weight is 470 g/mol. The van der Waals surface area contributed by atoms with Crippen molar-refractivity contribution in [3.05, 3.63) is 62.2 Å². The van der Waals surface area contributed by atoms with Gasteiger partial charge in [0, 0.05) is 14.3 Å². The summed E-state index contributed by atoms with van der Waals surface area (Å²) in [5, 5.41) is 3.52. The first-order chi connectivity index (χ1) is 11.9. The molecule has 25 heavy (non-hydrogen) atoms. The molecule has 3 N–H and O–H groups in total. The van der Waals surface area contributed by atoms with E-state index in [1.807, 2.05) is 31.2 Å². The van der Waals surface area contributed by atoms with E-state index in [4.69, 9.17) is 22.1 Å². The summed E-state index contributed by atoms with van der Waals surface area (Å²) in [5.74, 6) is 0.283. The van der Waals surface area contributed by atoms with Crippen molar-refractivity contribution in [2.24, 2.45) is 10.7 Å². The van der Waals surface area contributed by atoms with Crippen LogP contribution in [0.25, 0.3) is 0 Å². The molecule has 0 fully saturated rings. The van der Waals surface area contributed by atoms with E-state index in [2.05, 4.69) is 32.9 Å². The molecule has 1 unspecified atom stereocenters. The van der Waals surface area contributed by atoms with Crippen molar-refractivity contribution < 1.29 is 9.53 Å². The molecule has 0 bridgehead atoms. The third-order valence-corrected chi connectivity index (χ3v) is 5.07. The monoisotopic (exact) mass is 469 g/mol. The molecule has 3 rings (SSSR count). The number of nitrogens with two attached hydrogens (primary N) is 1. The van der Waals surface area contributed by atoms with Crippen LogP contribution >= 0.6 is 34.2 Å². The number of amides is 1. The highest BCUT2D eigenvalue weighted by molar-refractivity contribution is 14.1. The number of rotatable bonds is 3. The summed E-state index contributed by atoms with van der Waals surface area (Å²) in [6.07, 6.45) is 0. The van der Waals surface area contributed by atoms with Gasteiger partial charge in [0.2, 0.25) is 0 Å². The molecule has 1 aliphatic heterocycles. The lowest BCUT2D eigenvalue weighted by atomic mass is 9.92. The van der Waals surface area contributed by atoms with Crippen LogP contribution in [0.15, 0.2) is 47.5 Å². The van der Waals surface area contributed by atoms with E-state index in [9.17, 15) is 4.79 Å². The van der Waals surface area contributed by atoms with Crippen LogP contribution < -0.4 is 11.1 Å². The number of nitrogens with zero attached hydrogens (tertiary/aromatic N) is 1. The molecule has 1 amide bonds. The van der Waals surface area contributed by atoms with Crippen molar-refractivity contribution in [1.82, 2.24) is 0 Å². The largest absolute Gasteiger partial charge is 0.386 e. The zero-order valence-electron chi connectivity index (χ0n) is 13.6. The Kier molecular flexibility index (Phi) is 5.31. The van der Waals surface area contributed by atoms with Crippen molar-refractivity contribution in [3.8, 4) is 0 Å². The van der Waals surface area contributed by atoms with Crippen LogP contribution in [-0.4, -0.2) is 25.0 Å². The molecule has 2 aromatic rings. The summed E-state index contributed by atoms with van der Waals surface area (Å²) in [6, 6.07) is 12.7. The Morgan fingerprint density at radius 3 is 2.88 bits per heavy atom. The van der Waals surface area contributed by atoms with Gasteiger partial charge in [-0.2, -0.15) is 0 Å². The van der Waals surface area contributed by atoms with Gasteiger partial charge in [-0.1, -0.05) is 23.7 Å². The first kappa shape index (κ1) is 18.2. The molecule has 0 aromatic heterocycles. The number of hydrogen-bond donors (Lipinski definition) is 2. The second-order valence-corrected chi connectivity index (χ2v) is 7.63. The number of benzene rings is 2. The van der Waals surface area contributed by atoms with E-state index in [0.29, 0.717) is 35.3 Å². The average Bonchev–Trinajstić information content (AvgIpc) is 2.54. The molecular weight excluding hydrogens is 453 g/mol. The molecule has 7 heteroatoms. The second kappa shape index (κ2) is 7.31. The molecule has 2 aromatic carbocycles. The van der Waals surface area contributed by atoms with Gasteiger partial charge in [0.15, 0.2) is 0 Å². The normalized spacial score (nSPS) is 20.0. The number of amidine groups is 1. The van der Waals surface area contributed by atoms with Crippen molar-refractivity contribution >= 4 is 51.6 Å². The van der Waals surface area contributed by atoms with Crippen LogP contribution in [0.4, 0.5) is 5.69 Å². The zero-order chi connectivity index (χ0) is 18.0. The standard InChI is InChI=1S/C18H17ClIN3O2/c1-18(10-25-9-16(21)23-18)11-3-2-4-13(7-11)22-17(24)14-6-5-12(19)8-15(14)20/h2-8H,9-10H2,1H3,(H2,21,23)(H,22,24). The van der Waals surface area contributed by atoms with Gasteiger partial charge in [0.05, 0.1) is 12.2 Å². The number of nitrogens with one attached hydrogen (secondary N) is 1. The van der Waals surface area contributed by atoms with E-state index >= 15 is 0 Å². The molecule has 0 saturated carbocycles. The van der Waals surface area contributed by atoms with Crippen molar-refractivity contribution in [3.63, 3.8) is 0 Å². The first-order valence-electron chi connectivity index (χ1n) is 7.66. The zero-order valence-corrected chi connectivity index (χ0v) is 16.5. The van der Waals surface area contributed by atoms with Crippen LogP contribution in [0.5, 0.6) is 0 Å². The summed E-state index contributed by atoms with van der Waals surface area (Å²) in [5.41, 5.74) is 7.45. The Bertz CT molecular complexity index is 856. The highest BCUT2D eigenvalue weighted by Gasteiger charge is 2.30. The molecule has 1 heterocycles. The fourth-order valence-corrected chi connectivity index (χ4v) is 3.80. The minimum Gasteiger partial charge on any atom is -0.386 e.